The monoisotopic (exact) mass is 404 g/mol. The lowest BCUT2D eigenvalue weighted by atomic mass is 9.47. The van der Waals surface area contributed by atoms with Crippen molar-refractivity contribution in [3.63, 3.8) is 0 Å². The molecule has 0 aliphatic heterocycles. The molecule has 3 fully saturated rings. The van der Waals surface area contributed by atoms with E-state index < -0.39 is 0 Å². The molecule has 28 heavy (non-hydrogen) atoms. The van der Waals surface area contributed by atoms with Crippen LogP contribution in [0.2, 0.25) is 0 Å². The van der Waals surface area contributed by atoms with E-state index in [1.165, 1.54) is 70.6 Å². The Bertz CT molecular complexity index is 591. The van der Waals surface area contributed by atoms with Gasteiger partial charge in [-0.15, -0.1) is 11.6 Å². The predicted octanol–water partition coefficient (Wildman–Crippen LogP) is 8.64. The molecule has 0 aromatic heterocycles. The molecule has 4 aliphatic carbocycles. The van der Waals surface area contributed by atoms with Crippen molar-refractivity contribution in [3.05, 3.63) is 11.6 Å². The molecule has 4 rings (SSSR count). The van der Waals surface area contributed by atoms with Gasteiger partial charge in [-0.05, 0) is 97.7 Å². The Labute approximate surface area is 180 Å². The first-order chi connectivity index (χ1) is 13.3. The number of halogens is 1. The highest BCUT2D eigenvalue weighted by molar-refractivity contribution is 6.20. The Morgan fingerprint density at radius 2 is 1.79 bits per heavy atom. The maximum absolute atomic E-state index is 6.56. The van der Waals surface area contributed by atoms with Crippen LogP contribution in [0.5, 0.6) is 0 Å². The molecule has 0 N–H and O–H groups in total. The van der Waals surface area contributed by atoms with Crippen LogP contribution in [0.4, 0.5) is 0 Å². The molecular weight excluding hydrogens is 360 g/mol. The molecule has 0 saturated heterocycles. The number of hydrogen-bond acceptors (Lipinski definition) is 0. The smallest absolute Gasteiger partial charge is 0.0373 e. The Morgan fingerprint density at radius 3 is 2.54 bits per heavy atom. The molecule has 0 radical (unpaired) electrons. The summed E-state index contributed by atoms with van der Waals surface area (Å²) in [7, 11) is 0. The lowest BCUT2D eigenvalue weighted by molar-refractivity contribution is -0.0498. The van der Waals surface area contributed by atoms with E-state index in [4.69, 9.17) is 11.6 Å². The quantitative estimate of drug-likeness (QED) is 0.317. The van der Waals surface area contributed by atoms with Gasteiger partial charge in [0.15, 0.2) is 0 Å². The highest BCUT2D eigenvalue weighted by Crippen LogP contribution is 2.67. The zero-order valence-corrected chi connectivity index (χ0v) is 20.0. The van der Waals surface area contributed by atoms with Crippen molar-refractivity contribution >= 4 is 11.6 Å². The third kappa shape index (κ3) is 3.52. The second-order valence-electron chi connectivity index (χ2n) is 12.1. The van der Waals surface area contributed by atoms with Crippen LogP contribution in [0.15, 0.2) is 11.6 Å². The average molecular weight is 405 g/mol. The van der Waals surface area contributed by atoms with E-state index in [9.17, 15) is 0 Å². The number of alkyl halides is 1. The highest BCUT2D eigenvalue weighted by atomic mass is 35.5. The van der Waals surface area contributed by atoms with E-state index in [1.54, 1.807) is 5.57 Å². The summed E-state index contributed by atoms with van der Waals surface area (Å²) in [6.45, 7) is 12.7. The van der Waals surface area contributed by atoms with Crippen LogP contribution >= 0.6 is 11.6 Å². The van der Waals surface area contributed by atoms with Gasteiger partial charge >= 0.3 is 0 Å². The largest absolute Gasteiger partial charge is 0.123 e. The molecule has 0 spiro atoms. The normalized spacial score (nSPS) is 46.5. The lowest BCUT2D eigenvalue weighted by Gasteiger charge is -2.58. The fourth-order valence-corrected chi connectivity index (χ4v) is 8.92. The van der Waals surface area contributed by atoms with Crippen LogP contribution in [0.1, 0.15) is 105 Å². The average Bonchev–Trinajstić information content (AvgIpc) is 2.99. The third-order valence-corrected chi connectivity index (χ3v) is 10.6. The molecule has 0 heterocycles. The molecule has 3 saturated carbocycles. The number of rotatable bonds is 5. The third-order valence-electron chi connectivity index (χ3n) is 10.2. The minimum absolute atomic E-state index is 0.396. The van der Waals surface area contributed by atoms with Gasteiger partial charge in [0, 0.05) is 5.38 Å². The van der Waals surface area contributed by atoms with Crippen molar-refractivity contribution in [1.29, 1.82) is 0 Å². The van der Waals surface area contributed by atoms with Crippen LogP contribution in [0.25, 0.3) is 0 Å². The van der Waals surface area contributed by atoms with Gasteiger partial charge in [0.05, 0.1) is 0 Å². The standard InChI is InChI=1S/C27H45Cl/c1-18(2)7-6-8-19(3)23-11-12-24-22-10-9-20-17-21(28)13-15-26(20,4)25(22)14-16-27(23,24)5/h9,18-19,21-25H,6-8,10-17H2,1-5H3/t19-,21+,22-,23+,24+,25-,26-,27+/m0/s1. The molecule has 0 bridgehead atoms. The Morgan fingerprint density at radius 1 is 1.00 bits per heavy atom. The molecule has 160 valence electrons. The zero-order chi connectivity index (χ0) is 20.1. The Kier molecular flexibility index (Phi) is 6.03. The SMILES string of the molecule is CC(C)CCC[C@H](C)[C@H]1CC[C@@H]2[C@@H]3CC=C4C[C@H](Cl)CC[C@]4(C)[C@H]3CC[C@@]21C. The first kappa shape index (κ1) is 21.3. The summed E-state index contributed by atoms with van der Waals surface area (Å²) >= 11 is 6.56. The van der Waals surface area contributed by atoms with E-state index in [1.807, 2.05) is 0 Å². The molecule has 0 nitrogen and oxygen atoms in total. The molecular formula is C27H45Cl. The summed E-state index contributed by atoms with van der Waals surface area (Å²) in [5.41, 5.74) is 2.82. The Balaban J connectivity index is 1.49. The number of fused-ring (bicyclic) bond motifs is 5. The summed E-state index contributed by atoms with van der Waals surface area (Å²) in [5.74, 6) is 5.62. The summed E-state index contributed by atoms with van der Waals surface area (Å²) in [5, 5.41) is 0.396. The van der Waals surface area contributed by atoms with Crippen molar-refractivity contribution < 1.29 is 0 Å². The van der Waals surface area contributed by atoms with Gasteiger partial charge in [0.1, 0.15) is 0 Å². The molecule has 4 aliphatic rings. The highest BCUT2D eigenvalue weighted by Gasteiger charge is 2.58. The van der Waals surface area contributed by atoms with Gasteiger partial charge < -0.3 is 0 Å². The van der Waals surface area contributed by atoms with Crippen LogP contribution < -0.4 is 0 Å². The summed E-state index contributed by atoms with van der Waals surface area (Å²) in [6, 6.07) is 0. The number of allylic oxidation sites excluding steroid dienone is 2. The lowest BCUT2D eigenvalue weighted by Crippen LogP contribution is -2.50. The van der Waals surface area contributed by atoms with Gasteiger partial charge in [-0.25, -0.2) is 0 Å². The zero-order valence-electron chi connectivity index (χ0n) is 19.3. The van der Waals surface area contributed by atoms with Crippen LogP contribution in [0, 0.1) is 46.3 Å². The topological polar surface area (TPSA) is 0 Å². The van der Waals surface area contributed by atoms with E-state index in [2.05, 4.69) is 40.7 Å². The molecule has 1 heteroatoms. The molecule has 0 amide bonds. The molecule has 0 unspecified atom stereocenters. The summed E-state index contributed by atoms with van der Waals surface area (Å²) in [6.07, 6.45) is 18.0. The van der Waals surface area contributed by atoms with Crippen LogP contribution in [-0.2, 0) is 0 Å². The van der Waals surface area contributed by atoms with Gasteiger partial charge in [-0.3, -0.25) is 0 Å². The van der Waals surface area contributed by atoms with E-state index in [-0.39, 0.29) is 0 Å². The van der Waals surface area contributed by atoms with Gasteiger partial charge in [0.2, 0.25) is 0 Å². The van der Waals surface area contributed by atoms with Gasteiger partial charge in [-0.1, -0.05) is 65.5 Å². The van der Waals surface area contributed by atoms with E-state index in [0.29, 0.717) is 16.2 Å². The van der Waals surface area contributed by atoms with Crippen molar-refractivity contribution in [2.75, 3.05) is 0 Å². The van der Waals surface area contributed by atoms with Crippen molar-refractivity contribution in [3.8, 4) is 0 Å². The maximum Gasteiger partial charge on any atom is 0.0373 e. The summed E-state index contributed by atoms with van der Waals surface area (Å²) in [4.78, 5) is 0. The van der Waals surface area contributed by atoms with Crippen LogP contribution in [0.3, 0.4) is 0 Å². The molecule has 8 atom stereocenters. The fourth-order valence-electron chi connectivity index (χ4n) is 8.64. The minimum atomic E-state index is 0.396. The molecule has 0 aromatic carbocycles. The molecule has 0 aromatic rings. The predicted molar refractivity (Wildman–Crippen MR) is 123 cm³/mol. The number of hydrogen-bond donors (Lipinski definition) is 0. The Hall–Kier alpha value is 0.0300. The first-order valence-corrected chi connectivity index (χ1v) is 13.0. The first-order valence-electron chi connectivity index (χ1n) is 12.6. The van der Waals surface area contributed by atoms with Crippen LogP contribution in [-0.4, -0.2) is 5.38 Å². The van der Waals surface area contributed by atoms with Gasteiger partial charge in [-0.2, -0.15) is 0 Å². The van der Waals surface area contributed by atoms with Gasteiger partial charge in [0.25, 0.3) is 0 Å². The van der Waals surface area contributed by atoms with Crippen molar-refractivity contribution in [2.24, 2.45) is 46.3 Å². The van der Waals surface area contributed by atoms with Crippen molar-refractivity contribution in [1.82, 2.24) is 0 Å². The van der Waals surface area contributed by atoms with Crippen molar-refractivity contribution in [2.45, 2.75) is 111 Å². The fraction of sp³-hybridized carbons (Fsp3) is 0.926. The van der Waals surface area contributed by atoms with E-state index >= 15 is 0 Å². The summed E-state index contributed by atoms with van der Waals surface area (Å²) < 4.78 is 0. The maximum atomic E-state index is 6.56. The minimum Gasteiger partial charge on any atom is -0.123 e. The second-order valence-corrected chi connectivity index (χ2v) is 12.7. The van der Waals surface area contributed by atoms with E-state index in [0.717, 1.165) is 35.5 Å². The second kappa shape index (κ2) is 7.94.